The summed E-state index contributed by atoms with van der Waals surface area (Å²) < 4.78 is 30.5. The van der Waals surface area contributed by atoms with Crippen molar-refractivity contribution in [2.75, 3.05) is 23.7 Å². The van der Waals surface area contributed by atoms with E-state index in [1.54, 1.807) is 30.3 Å². The van der Waals surface area contributed by atoms with Crippen molar-refractivity contribution < 1.29 is 17.9 Å². The minimum Gasteiger partial charge on any atom is -0.476 e. The molecule has 0 aromatic heterocycles. The maximum Gasteiger partial charge on any atom is 0.263 e. The van der Waals surface area contributed by atoms with Crippen molar-refractivity contribution in [1.29, 1.82) is 0 Å². The molecule has 0 fully saturated rings. The van der Waals surface area contributed by atoms with Gasteiger partial charge in [-0.2, -0.15) is 0 Å². The summed E-state index contributed by atoms with van der Waals surface area (Å²) in [7, 11) is -3.47. The molecule has 0 aliphatic carbocycles. The van der Waals surface area contributed by atoms with Gasteiger partial charge in [0.1, 0.15) is 5.75 Å². The zero-order valence-electron chi connectivity index (χ0n) is 11.1. The second-order valence-electron chi connectivity index (χ2n) is 4.40. The van der Waals surface area contributed by atoms with Gasteiger partial charge in [-0.25, -0.2) is 8.42 Å². The third kappa shape index (κ3) is 2.93. The largest absolute Gasteiger partial charge is 0.476 e. The van der Waals surface area contributed by atoms with E-state index in [9.17, 15) is 13.2 Å². The van der Waals surface area contributed by atoms with Gasteiger partial charge < -0.3 is 10.1 Å². The quantitative estimate of drug-likeness (QED) is 0.822. The van der Waals surface area contributed by atoms with Crippen LogP contribution in [0.15, 0.2) is 36.9 Å². The number of anilines is 1. The molecule has 1 aliphatic heterocycles. The highest BCUT2D eigenvalue weighted by Crippen LogP contribution is 2.34. The van der Waals surface area contributed by atoms with Crippen LogP contribution < -0.4 is 14.4 Å². The van der Waals surface area contributed by atoms with Crippen LogP contribution in [-0.2, 0) is 14.8 Å². The van der Waals surface area contributed by atoms with E-state index in [1.165, 1.54) is 4.31 Å². The highest BCUT2D eigenvalue weighted by atomic mass is 32.2. The maximum absolute atomic E-state index is 11.9. The van der Waals surface area contributed by atoms with Gasteiger partial charge in [-0.15, -0.1) is 6.58 Å². The van der Waals surface area contributed by atoms with Crippen LogP contribution in [0.5, 0.6) is 5.75 Å². The van der Waals surface area contributed by atoms with Crippen molar-refractivity contribution >= 4 is 21.6 Å². The van der Waals surface area contributed by atoms with Crippen molar-refractivity contribution in [1.82, 2.24) is 5.32 Å². The maximum atomic E-state index is 11.9. The molecule has 0 spiro atoms. The van der Waals surface area contributed by atoms with Gasteiger partial charge in [-0.3, -0.25) is 9.10 Å². The Labute approximate surface area is 118 Å². The summed E-state index contributed by atoms with van der Waals surface area (Å²) in [6.45, 7) is 3.77. The number of carbonyl (C=O) groups is 1. The Hall–Kier alpha value is -2.02. The summed E-state index contributed by atoms with van der Waals surface area (Å²) in [6, 6.07) is 6.73. The lowest BCUT2D eigenvalue weighted by atomic mass is 10.2. The predicted molar refractivity (Wildman–Crippen MR) is 76.3 cm³/mol. The van der Waals surface area contributed by atoms with Crippen LogP contribution in [0, 0.1) is 0 Å². The lowest BCUT2D eigenvalue weighted by molar-refractivity contribution is -0.127. The standard InChI is InChI=1S/C13H16N2O4S/c1-3-8-14-13(16)12-9-15(20(2,17)18)10-6-4-5-7-11(10)19-12/h3-7,12H,1,8-9H2,2H3,(H,14,16)/t12-/m1/s1. The van der Waals surface area contributed by atoms with Gasteiger partial charge in [0.15, 0.2) is 6.10 Å². The number of benzene rings is 1. The van der Waals surface area contributed by atoms with Crippen LogP contribution in [0.2, 0.25) is 0 Å². The summed E-state index contributed by atoms with van der Waals surface area (Å²) in [5, 5.41) is 2.60. The summed E-state index contributed by atoms with van der Waals surface area (Å²) in [5.41, 5.74) is 0.447. The van der Waals surface area contributed by atoms with Crippen LogP contribution in [0.4, 0.5) is 5.69 Å². The van der Waals surface area contributed by atoms with E-state index in [0.29, 0.717) is 18.0 Å². The van der Waals surface area contributed by atoms with E-state index in [4.69, 9.17) is 4.74 Å². The topological polar surface area (TPSA) is 75.7 Å². The molecule has 1 heterocycles. The van der Waals surface area contributed by atoms with Gasteiger partial charge in [0.2, 0.25) is 10.0 Å². The number of fused-ring (bicyclic) bond motifs is 1. The number of rotatable bonds is 4. The molecule has 1 aromatic rings. The Kier molecular flexibility index (Phi) is 3.99. The molecule has 7 heteroatoms. The van der Waals surface area contributed by atoms with Crippen LogP contribution in [0.25, 0.3) is 0 Å². The molecule has 1 aromatic carbocycles. The molecular formula is C13H16N2O4S. The summed E-state index contributed by atoms with van der Waals surface area (Å²) >= 11 is 0. The molecule has 0 unspecified atom stereocenters. The lowest BCUT2D eigenvalue weighted by Crippen LogP contribution is -2.50. The van der Waals surface area contributed by atoms with E-state index in [2.05, 4.69) is 11.9 Å². The number of ether oxygens (including phenoxy) is 1. The Morgan fingerprint density at radius 2 is 2.25 bits per heavy atom. The van der Waals surface area contributed by atoms with Crippen LogP contribution in [0.1, 0.15) is 0 Å². The molecule has 1 N–H and O–H groups in total. The number of nitrogens with zero attached hydrogens (tertiary/aromatic N) is 1. The van der Waals surface area contributed by atoms with Gasteiger partial charge in [-0.05, 0) is 12.1 Å². The molecule has 20 heavy (non-hydrogen) atoms. The van der Waals surface area contributed by atoms with Gasteiger partial charge in [0, 0.05) is 6.54 Å². The minimum atomic E-state index is -3.47. The Balaban J connectivity index is 2.31. The van der Waals surface area contributed by atoms with Crippen molar-refractivity contribution in [2.45, 2.75) is 6.10 Å². The molecule has 6 nitrogen and oxygen atoms in total. The minimum absolute atomic E-state index is 0.0428. The van der Waals surface area contributed by atoms with Gasteiger partial charge in [0.05, 0.1) is 18.5 Å². The van der Waals surface area contributed by atoms with E-state index in [-0.39, 0.29) is 12.5 Å². The second kappa shape index (κ2) is 5.54. The fourth-order valence-electron chi connectivity index (χ4n) is 1.94. The first-order chi connectivity index (χ1) is 9.43. The van der Waals surface area contributed by atoms with E-state index in [0.717, 1.165) is 6.26 Å². The summed E-state index contributed by atoms with van der Waals surface area (Å²) in [4.78, 5) is 11.9. The zero-order chi connectivity index (χ0) is 14.8. The highest BCUT2D eigenvalue weighted by Gasteiger charge is 2.34. The first kappa shape index (κ1) is 14.4. The number of para-hydroxylation sites is 2. The van der Waals surface area contributed by atoms with Gasteiger partial charge in [-0.1, -0.05) is 18.2 Å². The van der Waals surface area contributed by atoms with E-state index >= 15 is 0 Å². The van der Waals surface area contributed by atoms with Crippen molar-refractivity contribution in [3.05, 3.63) is 36.9 Å². The smallest absolute Gasteiger partial charge is 0.263 e. The number of hydrogen-bond donors (Lipinski definition) is 1. The molecular weight excluding hydrogens is 280 g/mol. The summed E-state index contributed by atoms with van der Waals surface area (Å²) in [5.74, 6) is 0.0102. The Morgan fingerprint density at radius 1 is 1.55 bits per heavy atom. The highest BCUT2D eigenvalue weighted by molar-refractivity contribution is 7.92. The zero-order valence-corrected chi connectivity index (χ0v) is 11.9. The van der Waals surface area contributed by atoms with E-state index < -0.39 is 16.1 Å². The Bertz CT molecular complexity index is 627. The molecule has 2 rings (SSSR count). The molecule has 1 amide bonds. The molecule has 0 saturated carbocycles. The van der Waals surface area contributed by atoms with Crippen LogP contribution in [0.3, 0.4) is 0 Å². The first-order valence-electron chi connectivity index (χ1n) is 6.05. The number of amides is 1. The van der Waals surface area contributed by atoms with Crippen LogP contribution in [-0.4, -0.2) is 39.8 Å². The molecule has 0 saturated heterocycles. The fraction of sp³-hybridized carbons (Fsp3) is 0.308. The molecule has 0 bridgehead atoms. The first-order valence-corrected chi connectivity index (χ1v) is 7.90. The SMILES string of the molecule is C=CCNC(=O)[C@H]1CN(S(C)(=O)=O)c2ccccc2O1. The van der Waals surface area contributed by atoms with Gasteiger partial charge >= 0.3 is 0 Å². The number of carbonyl (C=O) groups excluding carboxylic acids is 1. The molecule has 1 atom stereocenters. The monoisotopic (exact) mass is 296 g/mol. The van der Waals surface area contributed by atoms with E-state index in [1.807, 2.05) is 0 Å². The second-order valence-corrected chi connectivity index (χ2v) is 6.31. The van der Waals surface area contributed by atoms with Crippen molar-refractivity contribution in [3.8, 4) is 5.75 Å². The number of nitrogens with one attached hydrogen (secondary N) is 1. The normalized spacial score (nSPS) is 17.9. The average molecular weight is 296 g/mol. The van der Waals surface area contributed by atoms with Gasteiger partial charge in [0.25, 0.3) is 5.91 Å². The third-order valence-electron chi connectivity index (χ3n) is 2.85. The molecule has 1 aliphatic rings. The number of sulfonamides is 1. The molecule has 108 valence electrons. The average Bonchev–Trinajstić information content (AvgIpc) is 2.42. The van der Waals surface area contributed by atoms with Crippen molar-refractivity contribution in [2.24, 2.45) is 0 Å². The Morgan fingerprint density at radius 3 is 2.90 bits per heavy atom. The molecule has 0 radical (unpaired) electrons. The fourth-order valence-corrected chi connectivity index (χ4v) is 2.85. The number of hydrogen-bond acceptors (Lipinski definition) is 4. The third-order valence-corrected chi connectivity index (χ3v) is 3.99. The van der Waals surface area contributed by atoms with Crippen LogP contribution >= 0.6 is 0 Å². The lowest BCUT2D eigenvalue weighted by Gasteiger charge is -2.33. The summed E-state index contributed by atoms with van der Waals surface area (Å²) in [6.07, 6.45) is 1.77. The predicted octanol–water partition coefficient (Wildman–Crippen LogP) is 0.516. The van der Waals surface area contributed by atoms with Crippen molar-refractivity contribution in [3.63, 3.8) is 0 Å².